The third-order valence-electron chi connectivity index (χ3n) is 4.07. The second-order valence-electron chi connectivity index (χ2n) is 5.77. The third-order valence-corrected chi connectivity index (χ3v) is 4.07. The monoisotopic (exact) mass is 333 g/mol. The molecular formula is C17H21F2N5. The van der Waals surface area contributed by atoms with Crippen LogP contribution in [0.25, 0.3) is 0 Å². The Kier molecular flexibility index (Phi) is 5.20. The molecule has 0 atom stereocenters. The molecule has 0 spiro atoms. The molecule has 1 fully saturated rings. The average Bonchev–Trinajstić information content (AvgIpc) is 2.59. The third kappa shape index (κ3) is 3.97. The van der Waals surface area contributed by atoms with Gasteiger partial charge in [0.25, 0.3) is 0 Å². The summed E-state index contributed by atoms with van der Waals surface area (Å²) in [5.74, 6) is 0.753. The number of rotatable bonds is 5. The topological polar surface area (TPSA) is 44.3 Å². The summed E-state index contributed by atoms with van der Waals surface area (Å²) in [7, 11) is 0. The zero-order valence-electron chi connectivity index (χ0n) is 13.7. The minimum atomic E-state index is -0.401. The van der Waals surface area contributed by atoms with Crippen LogP contribution < -0.4 is 10.2 Å². The molecule has 7 heteroatoms. The summed E-state index contributed by atoms with van der Waals surface area (Å²) in [5.41, 5.74) is 0.403. The smallest absolute Gasteiger partial charge is 0.224 e. The van der Waals surface area contributed by atoms with Gasteiger partial charge in [-0.1, -0.05) is 0 Å². The Bertz CT molecular complexity index is 686. The van der Waals surface area contributed by atoms with Crippen LogP contribution in [0.15, 0.2) is 30.5 Å². The molecule has 0 amide bonds. The van der Waals surface area contributed by atoms with E-state index in [0.717, 1.165) is 44.6 Å². The highest BCUT2D eigenvalue weighted by Gasteiger charge is 2.19. The van der Waals surface area contributed by atoms with Crippen LogP contribution in [0.2, 0.25) is 0 Å². The average molecular weight is 333 g/mol. The van der Waals surface area contributed by atoms with Crippen LogP contribution in [0.1, 0.15) is 12.5 Å². The van der Waals surface area contributed by atoms with Crippen molar-refractivity contribution < 1.29 is 8.78 Å². The number of nitrogens with zero attached hydrogens (tertiary/aromatic N) is 4. The van der Waals surface area contributed by atoms with Gasteiger partial charge in [-0.3, -0.25) is 4.90 Å². The number of nitrogens with one attached hydrogen (secondary N) is 1. The largest absolute Gasteiger partial charge is 0.354 e. The molecular weight excluding hydrogens is 312 g/mol. The standard InChI is InChI=1S/C17H21F2N5/c1-2-20-17-21-6-5-16(22-17)24-9-7-23(8-10-24)12-13-11-14(18)3-4-15(13)19/h3-6,11H,2,7-10,12H2,1H3,(H,20,21,22). The van der Waals surface area contributed by atoms with Gasteiger partial charge < -0.3 is 10.2 Å². The van der Waals surface area contributed by atoms with E-state index in [1.165, 1.54) is 12.1 Å². The van der Waals surface area contributed by atoms with Gasteiger partial charge in [-0.2, -0.15) is 4.98 Å². The summed E-state index contributed by atoms with van der Waals surface area (Å²) in [6, 6.07) is 5.50. The number of piperazine rings is 1. The highest BCUT2D eigenvalue weighted by Crippen LogP contribution is 2.17. The predicted molar refractivity (Wildman–Crippen MR) is 90.0 cm³/mol. The van der Waals surface area contributed by atoms with E-state index in [0.29, 0.717) is 18.1 Å². The van der Waals surface area contributed by atoms with E-state index < -0.39 is 5.82 Å². The van der Waals surface area contributed by atoms with Crippen LogP contribution in [-0.2, 0) is 6.54 Å². The van der Waals surface area contributed by atoms with Crippen LogP contribution in [0.3, 0.4) is 0 Å². The Balaban J connectivity index is 1.59. The predicted octanol–water partition coefficient (Wildman–Crippen LogP) is 2.51. The molecule has 1 saturated heterocycles. The number of anilines is 2. The zero-order chi connectivity index (χ0) is 16.9. The van der Waals surface area contributed by atoms with Gasteiger partial charge in [0.2, 0.25) is 5.95 Å². The number of hydrogen-bond donors (Lipinski definition) is 1. The molecule has 1 aromatic heterocycles. The number of benzene rings is 1. The van der Waals surface area contributed by atoms with Gasteiger partial charge in [-0.15, -0.1) is 0 Å². The van der Waals surface area contributed by atoms with E-state index in [1.54, 1.807) is 6.20 Å². The van der Waals surface area contributed by atoms with Gasteiger partial charge in [0, 0.05) is 51.0 Å². The van der Waals surface area contributed by atoms with Gasteiger partial charge in [-0.05, 0) is 31.2 Å². The second kappa shape index (κ2) is 7.53. The van der Waals surface area contributed by atoms with E-state index in [4.69, 9.17) is 0 Å². The van der Waals surface area contributed by atoms with Crippen molar-refractivity contribution in [3.8, 4) is 0 Å². The van der Waals surface area contributed by atoms with Crippen molar-refractivity contribution in [3.05, 3.63) is 47.7 Å². The lowest BCUT2D eigenvalue weighted by Gasteiger charge is -2.35. The molecule has 2 aromatic rings. The van der Waals surface area contributed by atoms with Gasteiger partial charge >= 0.3 is 0 Å². The number of hydrogen-bond acceptors (Lipinski definition) is 5. The highest BCUT2D eigenvalue weighted by molar-refractivity contribution is 5.42. The summed E-state index contributed by atoms with van der Waals surface area (Å²) < 4.78 is 27.0. The molecule has 1 aliphatic heterocycles. The SMILES string of the molecule is CCNc1nccc(N2CCN(Cc3cc(F)ccc3F)CC2)n1. The Hall–Kier alpha value is -2.28. The molecule has 0 bridgehead atoms. The maximum absolute atomic E-state index is 13.8. The van der Waals surface area contributed by atoms with Crippen molar-refractivity contribution in [1.29, 1.82) is 0 Å². The summed E-state index contributed by atoms with van der Waals surface area (Å²) in [6.07, 6.45) is 1.74. The van der Waals surface area contributed by atoms with Crippen molar-refractivity contribution in [2.45, 2.75) is 13.5 Å². The molecule has 0 saturated carbocycles. The first-order valence-electron chi connectivity index (χ1n) is 8.14. The first kappa shape index (κ1) is 16.6. The molecule has 2 heterocycles. The van der Waals surface area contributed by atoms with Gasteiger partial charge in [-0.25, -0.2) is 13.8 Å². The highest BCUT2D eigenvalue weighted by atomic mass is 19.1. The Morgan fingerprint density at radius 3 is 2.67 bits per heavy atom. The molecule has 128 valence electrons. The minimum Gasteiger partial charge on any atom is -0.354 e. The molecule has 1 aliphatic rings. The van der Waals surface area contributed by atoms with Crippen LogP contribution in [-0.4, -0.2) is 47.6 Å². The Labute approximate surface area is 140 Å². The van der Waals surface area contributed by atoms with E-state index >= 15 is 0 Å². The lowest BCUT2D eigenvalue weighted by Crippen LogP contribution is -2.46. The number of halogens is 2. The fraction of sp³-hybridized carbons (Fsp3) is 0.412. The quantitative estimate of drug-likeness (QED) is 0.911. The van der Waals surface area contributed by atoms with E-state index in [9.17, 15) is 8.78 Å². The Morgan fingerprint density at radius 1 is 1.12 bits per heavy atom. The van der Waals surface area contributed by atoms with Gasteiger partial charge in [0.15, 0.2) is 0 Å². The normalized spacial score (nSPS) is 15.5. The minimum absolute atomic E-state index is 0.357. The van der Waals surface area contributed by atoms with Crippen LogP contribution >= 0.6 is 0 Å². The lowest BCUT2D eigenvalue weighted by molar-refractivity contribution is 0.245. The second-order valence-corrected chi connectivity index (χ2v) is 5.77. The summed E-state index contributed by atoms with van der Waals surface area (Å²) >= 11 is 0. The fourth-order valence-corrected chi connectivity index (χ4v) is 2.81. The van der Waals surface area contributed by atoms with Crippen molar-refractivity contribution >= 4 is 11.8 Å². The van der Waals surface area contributed by atoms with E-state index in [1.807, 2.05) is 13.0 Å². The maximum atomic E-state index is 13.8. The van der Waals surface area contributed by atoms with Crippen LogP contribution in [0.5, 0.6) is 0 Å². The molecule has 0 unspecified atom stereocenters. The molecule has 3 rings (SSSR count). The summed E-state index contributed by atoms with van der Waals surface area (Å²) in [6.45, 7) is 6.33. The molecule has 5 nitrogen and oxygen atoms in total. The first-order valence-corrected chi connectivity index (χ1v) is 8.14. The van der Waals surface area contributed by atoms with Crippen molar-refractivity contribution in [1.82, 2.24) is 14.9 Å². The zero-order valence-corrected chi connectivity index (χ0v) is 13.7. The van der Waals surface area contributed by atoms with Crippen LogP contribution in [0, 0.1) is 11.6 Å². The Morgan fingerprint density at radius 2 is 1.92 bits per heavy atom. The maximum Gasteiger partial charge on any atom is 0.224 e. The molecule has 24 heavy (non-hydrogen) atoms. The molecule has 1 aromatic carbocycles. The van der Waals surface area contributed by atoms with Crippen LogP contribution in [0.4, 0.5) is 20.5 Å². The molecule has 1 N–H and O–H groups in total. The van der Waals surface area contributed by atoms with Crippen molar-refractivity contribution in [2.75, 3.05) is 42.9 Å². The first-order chi connectivity index (χ1) is 11.7. The summed E-state index contributed by atoms with van der Waals surface area (Å²) in [5, 5.41) is 3.10. The summed E-state index contributed by atoms with van der Waals surface area (Å²) in [4.78, 5) is 13.0. The lowest BCUT2D eigenvalue weighted by atomic mass is 10.1. The molecule has 0 radical (unpaired) electrons. The number of aromatic nitrogens is 2. The molecule has 0 aliphatic carbocycles. The van der Waals surface area contributed by atoms with Gasteiger partial charge in [0.05, 0.1) is 0 Å². The van der Waals surface area contributed by atoms with E-state index in [2.05, 4.69) is 25.1 Å². The van der Waals surface area contributed by atoms with Crippen molar-refractivity contribution in [2.24, 2.45) is 0 Å². The van der Waals surface area contributed by atoms with Crippen molar-refractivity contribution in [3.63, 3.8) is 0 Å². The van der Waals surface area contributed by atoms with E-state index in [-0.39, 0.29) is 5.82 Å². The van der Waals surface area contributed by atoms with Gasteiger partial charge in [0.1, 0.15) is 17.5 Å². The fourth-order valence-electron chi connectivity index (χ4n) is 2.81.